The van der Waals surface area contributed by atoms with Gasteiger partial charge in [0.25, 0.3) is 29.5 Å². The molecule has 0 fully saturated rings. The number of likely N-dealkylation sites (N-methyl/N-ethyl adjacent to an activating group) is 2. The number of nitrogens with one attached hydrogen (secondary N) is 4. The van der Waals surface area contributed by atoms with Gasteiger partial charge in [-0.05, 0) is 136 Å². The fraction of sp³-hybridized carbons (Fsp3) is 0.455. The number of benzene rings is 2. The molecule has 5 unspecified atom stereocenters. The summed E-state index contributed by atoms with van der Waals surface area (Å²) in [7, 11) is 2.54. The Bertz CT molecular complexity index is 1960. The van der Waals surface area contributed by atoms with E-state index in [2.05, 4.69) is 21.3 Å². The van der Waals surface area contributed by atoms with Crippen molar-refractivity contribution in [2.75, 3.05) is 76.9 Å². The van der Waals surface area contributed by atoms with E-state index in [1.807, 2.05) is 0 Å². The second kappa shape index (κ2) is 25.7. The highest BCUT2D eigenvalue weighted by Crippen LogP contribution is 2.39. The summed E-state index contributed by atoms with van der Waals surface area (Å²) < 4.78 is 0.765. The number of carbonyl (C=O) groups excluding carboxylic acids is 6. The third kappa shape index (κ3) is 13.9. The molecule has 2 rings (SSSR count). The quantitative estimate of drug-likeness (QED) is 0.0635. The lowest BCUT2D eigenvalue weighted by Gasteiger charge is -2.29. The molecule has 0 spiro atoms. The third-order valence-electron chi connectivity index (χ3n) is 8.13. The van der Waals surface area contributed by atoms with Crippen molar-refractivity contribution in [2.24, 2.45) is 0 Å². The van der Waals surface area contributed by atoms with Crippen LogP contribution in [0, 0.1) is 21.4 Å². The predicted octanol–water partition coefficient (Wildman–Crippen LogP) is -2.05. The summed E-state index contributed by atoms with van der Waals surface area (Å²) in [6.45, 7) is -4.81. The van der Waals surface area contributed by atoms with Crippen molar-refractivity contribution < 1.29 is 74.7 Å². The Morgan fingerprint density at radius 3 is 1.42 bits per heavy atom. The van der Waals surface area contributed by atoms with Crippen LogP contribution in [0.1, 0.15) is 41.4 Å². The number of hydrogen-bond donors (Lipinski definition) is 13. The topological polar surface area (TPSA) is 339 Å². The fourth-order valence-corrected chi connectivity index (χ4v) is 14.2. The Kier molecular flexibility index (Phi) is 23.7. The number of anilines is 2. The van der Waals surface area contributed by atoms with Crippen molar-refractivity contribution in [3.63, 3.8) is 0 Å². The molecule has 0 aliphatic heterocycles. The average molecular weight is 1520 g/mol. The Labute approximate surface area is 424 Å². The molecule has 5 atom stereocenters. The SMILES string of the molecule is CN(CC(O)CO)C(=O)c1c(I)c(C(=O)NCC(O)CNC(=O)c2c(I)c(NC(=O)CO)c(I)c(C(=O)NCC(O)CO)c2I)c(I)c(N(C)C(=O)C(O)C(O)CO)c1I. The summed E-state index contributed by atoms with van der Waals surface area (Å²) >= 11 is 10.5. The molecule has 21 nitrogen and oxygen atoms in total. The van der Waals surface area contributed by atoms with Crippen molar-refractivity contribution in [3.05, 3.63) is 43.7 Å². The van der Waals surface area contributed by atoms with Crippen molar-refractivity contribution in [1.82, 2.24) is 20.9 Å². The van der Waals surface area contributed by atoms with E-state index in [1.54, 1.807) is 136 Å². The van der Waals surface area contributed by atoms with Gasteiger partial charge in [0.05, 0.1) is 86.0 Å². The molecular formula is C33H40I6N6O15. The molecule has 0 bridgehead atoms. The number of aliphatic hydroxyl groups is 9. The molecule has 0 heterocycles. The second-order valence-electron chi connectivity index (χ2n) is 12.5. The van der Waals surface area contributed by atoms with E-state index in [1.165, 1.54) is 14.1 Å². The molecule has 0 radical (unpaired) electrons. The van der Waals surface area contributed by atoms with Crippen LogP contribution in [0.25, 0.3) is 0 Å². The molecule has 0 aliphatic rings. The van der Waals surface area contributed by atoms with Gasteiger partial charge >= 0.3 is 0 Å². The summed E-state index contributed by atoms with van der Waals surface area (Å²) in [5.41, 5.74) is -0.470. The molecule has 27 heteroatoms. The van der Waals surface area contributed by atoms with Crippen LogP contribution in [-0.2, 0) is 9.59 Å². The summed E-state index contributed by atoms with van der Waals surface area (Å²) in [4.78, 5) is 81.9. The van der Waals surface area contributed by atoms with Crippen molar-refractivity contribution in [2.45, 2.75) is 30.5 Å². The molecular weight excluding hydrogens is 1480 g/mol. The lowest BCUT2D eigenvalue weighted by molar-refractivity contribution is -0.133. The van der Waals surface area contributed by atoms with Gasteiger partial charge in [0, 0.05) is 47.4 Å². The van der Waals surface area contributed by atoms with Gasteiger partial charge in [-0.3, -0.25) is 28.8 Å². The first-order chi connectivity index (χ1) is 28.0. The maximum absolute atomic E-state index is 13.9. The van der Waals surface area contributed by atoms with Gasteiger partial charge in [-0.2, -0.15) is 0 Å². The van der Waals surface area contributed by atoms with E-state index in [0.29, 0.717) is 0 Å². The number of hydrogen-bond acceptors (Lipinski definition) is 15. The van der Waals surface area contributed by atoms with Crippen LogP contribution >= 0.6 is 136 Å². The highest BCUT2D eigenvalue weighted by Gasteiger charge is 2.35. The largest absolute Gasteiger partial charge is 0.394 e. The standard InChI is InChI=1S/C33H40I6N6O15/c1-44(6-13(52)8-47)32(59)19-21(35)18(24(38)27(25(19)39)45(2)33(60)28(55)14(53)9-48)31(58)41-4-11(50)3-40-29(56)16-20(34)17(30(57)42-5-12(51)7-46)23(37)26(22(16)36)43-15(54)10-49/h11-14,28,46-53,55H,3-10H2,1-2H3,(H,40,56)(H,41,58)(H,42,57)(H,43,54). The van der Waals surface area contributed by atoms with Gasteiger partial charge in [-0.1, -0.05) is 0 Å². The predicted molar refractivity (Wildman–Crippen MR) is 264 cm³/mol. The van der Waals surface area contributed by atoms with Crippen LogP contribution in [0.15, 0.2) is 0 Å². The van der Waals surface area contributed by atoms with Crippen molar-refractivity contribution >= 4 is 182 Å². The molecule has 2 aromatic carbocycles. The summed E-state index contributed by atoms with van der Waals surface area (Å²) in [5.74, 6) is -5.12. The van der Waals surface area contributed by atoms with Gasteiger partial charge in [0.15, 0.2) is 6.10 Å². The van der Waals surface area contributed by atoms with E-state index in [9.17, 15) is 69.6 Å². The molecule has 0 saturated heterocycles. The van der Waals surface area contributed by atoms with Gasteiger partial charge in [0.1, 0.15) is 12.7 Å². The van der Waals surface area contributed by atoms with Crippen LogP contribution in [0.2, 0.25) is 0 Å². The number of aliphatic hydroxyl groups excluding tert-OH is 9. The maximum Gasteiger partial charge on any atom is 0.258 e. The Morgan fingerprint density at radius 1 is 0.567 bits per heavy atom. The van der Waals surface area contributed by atoms with E-state index >= 15 is 0 Å². The van der Waals surface area contributed by atoms with E-state index in [-0.39, 0.29) is 68.1 Å². The average Bonchev–Trinajstić information content (AvgIpc) is 3.21. The fourth-order valence-electron chi connectivity index (χ4n) is 4.94. The zero-order valence-electron chi connectivity index (χ0n) is 31.2. The molecule has 2 aromatic rings. The van der Waals surface area contributed by atoms with Crippen LogP contribution in [0.3, 0.4) is 0 Å². The summed E-state index contributed by atoms with van der Waals surface area (Å²) in [6, 6.07) is 0. The lowest BCUT2D eigenvalue weighted by Crippen LogP contribution is -2.46. The van der Waals surface area contributed by atoms with Crippen LogP contribution in [-0.4, -0.2) is 184 Å². The maximum atomic E-state index is 13.9. The van der Waals surface area contributed by atoms with Crippen LogP contribution < -0.4 is 26.2 Å². The zero-order valence-corrected chi connectivity index (χ0v) is 44.1. The molecule has 334 valence electrons. The van der Waals surface area contributed by atoms with E-state index < -0.39 is 105 Å². The monoisotopic (exact) mass is 1520 g/mol. The normalized spacial score (nSPS) is 13.7. The first kappa shape index (κ1) is 55.4. The lowest BCUT2D eigenvalue weighted by atomic mass is 10.1. The number of amides is 6. The molecule has 0 aromatic heterocycles. The Morgan fingerprint density at radius 2 is 0.983 bits per heavy atom. The summed E-state index contributed by atoms with van der Waals surface area (Å²) in [5, 5.41) is 98.0. The number of rotatable bonds is 20. The number of carbonyl (C=O) groups is 6. The Hall–Kier alpha value is -0.720. The second-order valence-corrected chi connectivity index (χ2v) is 19.0. The van der Waals surface area contributed by atoms with Crippen molar-refractivity contribution in [3.8, 4) is 0 Å². The molecule has 6 amide bonds. The smallest absolute Gasteiger partial charge is 0.258 e. The van der Waals surface area contributed by atoms with E-state index in [0.717, 1.165) is 9.80 Å². The van der Waals surface area contributed by atoms with Gasteiger partial charge in [-0.15, -0.1) is 0 Å². The molecule has 0 saturated carbocycles. The minimum absolute atomic E-state index is 0.0163. The zero-order chi connectivity index (χ0) is 45.9. The van der Waals surface area contributed by atoms with Gasteiger partial charge < -0.3 is 77.0 Å². The number of halogens is 6. The molecule has 0 aliphatic carbocycles. The van der Waals surface area contributed by atoms with Crippen LogP contribution in [0.4, 0.5) is 11.4 Å². The minimum Gasteiger partial charge on any atom is -0.394 e. The number of nitrogens with zero attached hydrogens (tertiary/aromatic N) is 2. The summed E-state index contributed by atoms with van der Waals surface area (Å²) in [6.07, 6.45) is -8.01. The highest BCUT2D eigenvalue weighted by molar-refractivity contribution is 14.1. The molecule has 13 N–H and O–H groups in total. The third-order valence-corrected chi connectivity index (χ3v) is 14.5. The van der Waals surface area contributed by atoms with Gasteiger partial charge in [0.2, 0.25) is 5.91 Å². The first-order valence-corrected chi connectivity index (χ1v) is 23.4. The first-order valence-electron chi connectivity index (χ1n) is 16.9. The van der Waals surface area contributed by atoms with Crippen LogP contribution in [0.5, 0.6) is 0 Å². The molecule has 60 heavy (non-hydrogen) atoms. The van der Waals surface area contributed by atoms with Crippen molar-refractivity contribution in [1.29, 1.82) is 0 Å². The Balaban J connectivity index is 2.51. The van der Waals surface area contributed by atoms with Gasteiger partial charge in [-0.25, -0.2) is 0 Å². The highest BCUT2D eigenvalue weighted by atomic mass is 127. The minimum atomic E-state index is -2.10. The van der Waals surface area contributed by atoms with E-state index in [4.69, 9.17) is 5.11 Å².